The van der Waals surface area contributed by atoms with Crippen LogP contribution in [0.1, 0.15) is 21.8 Å². The lowest BCUT2D eigenvalue weighted by Gasteiger charge is -2.08. The number of rotatable bonds is 6. The number of carbonyl (C=O) groups excluding carboxylic acids is 1. The van der Waals surface area contributed by atoms with Gasteiger partial charge in [0.05, 0.1) is 17.4 Å². The highest BCUT2D eigenvalue weighted by molar-refractivity contribution is 7.89. The third kappa shape index (κ3) is 3.54. The zero-order chi connectivity index (χ0) is 18.0. The molecule has 0 saturated heterocycles. The fourth-order valence-corrected chi connectivity index (χ4v) is 3.83. The zero-order valence-electron chi connectivity index (χ0n) is 13.7. The normalized spacial score (nSPS) is 11.8. The summed E-state index contributed by atoms with van der Waals surface area (Å²) in [5, 5.41) is 6.29. The molecule has 9 nitrogen and oxygen atoms in total. The van der Waals surface area contributed by atoms with Crippen LogP contribution in [0.3, 0.4) is 0 Å². The van der Waals surface area contributed by atoms with E-state index in [-0.39, 0.29) is 29.7 Å². The van der Waals surface area contributed by atoms with Crippen LogP contribution in [0.2, 0.25) is 0 Å². The van der Waals surface area contributed by atoms with Crippen molar-refractivity contribution in [1.29, 1.82) is 0 Å². The van der Waals surface area contributed by atoms with Gasteiger partial charge in [0.2, 0.25) is 10.0 Å². The number of sulfonamides is 1. The van der Waals surface area contributed by atoms with Crippen molar-refractivity contribution in [1.82, 2.24) is 25.2 Å². The second-order valence-corrected chi connectivity index (χ2v) is 7.15. The first-order valence-electron chi connectivity index (χ1n) is 7.52. The second-order valence-electron chi connectivity index (χ2n) is 5.44. The maximum absolute atomic E-state index is 12.2. The Bertz CT molecular complexity index is 1000. The summed E-state index contributed by atoms with van der Waals surface area (Å²) in [5.74, 6) is -0.0741. The van der Waals surface area contributed by atoms with Crippen LogP contribution >= 0.6 is 0 Å². The Morgan fingerprint density at radius 2 is 2.08 bits per heavy atom. The molecule has 1 aromatic carbocycles. The van der Waals surface area contributed by atoms with Crippen molar-refractivity contribution in [2.24, 2.45) is 0 Å². The third-order valence-electron chi connectivity index (χ3n) is 3.62. The Morgan fingerprint density at radius 1 is 1.28 bits per heavy atom. The topological polar surface area (TPSA) is 130 Å². The summed E-state index contributed by atoms with van der Waals surface area (Å²) < 4.78 is 31.7. The van der Waals surface area contributed by atoms with Gasteiger partial charge < -0.3 is 14.8 Å². The lowest BCUT2D eigenvalue weighted by atomic mass is 10.2. The molecule has 2 aromatic heterocycles. The van der Waals surface area contributed by atoms with Gasteiger partial charge in [-0.3, -0.25) is 4.79 Å². The van der Waals surface area contributed by atoms with Crippen molar-refractivity contribution >= 4 is 27.0 Å². The maximum Gasteiger partial charge on any atom is 0.251 e. The molecule has 0 aliphatic rings. The van der Waals surface area contributed by atoms with Crippen LogP contribution in [-0.4, -0.2) is 42.5 Å². The number of fused-ring (bicyclic) bond motifs is 1. The Hall–Kier alpha value is -2.72. The largest absolute Gasteiger partial charge is 0.360 e. The zero-order valence-corrected chi connectivity index (χ0v) is 14.5. The molecule has 2 heterocycles. The third-order valence-corrected chi connectivity index (χ3v) is 5.33. The maximum atomic E-state index is 12.2. The van der Waals surface area contributed by atoms with E-state index in [0.29, 0.717) is 11.3 Å². The molecule has 0 unspecified atom stereocenters. The molecule has 1 amide bonds. The molecule has 3 N–H and O–H groups in total. The summed E-state index contributed by atoms with van der Waals surface area (Å²) in [7, 11) is -3.73. The number of aryl methyl sites for hydroxylation is 2. The number of nitrogens with zero attached hydrogens (tertiary/aromatic N) is 2. The molecule has 0 fully saturated rings. The number of benzene rings is 1. The minimum absolute atomic E-state index is 0.0310. The number of nitrogens with one attached hydrogen (secondary N) is 3. The number of imidazole rings is 1. The fraction of sp³-hybridized carbons (Fsp3) is 0.267. The summed E-state index contributed by atoms with van der Waals surface area (Å²) in [6, 6.07) is 5.08. The van der Waals surface area contributed by atoms with Crippen molar-refractivity contribution < 1.29 is 17.7 Å². The van der Waals surface area contributed by atoms with E-state index in [1.165, 1.54) is 6.92 Å². The number of H-pyrrole nitrogens is 1. The summed E-state index contributed by atoms with van der Waals surface area (Å²) in [5.41, 5.74) is 2.28. The summed E-state index contributed by atoms with van der Waals surface area (Å²) in [6.07, 6.45) is 1.55. The van der Waals surface area contributed by atoms with Gasteiger partial charge >= 0.3 is 0 Å². The predicted molar refractivity (Wildman–Crippen MR) is 89.6 cm³/mol. The Morgan fingerprint density at radius 3 is 2.80 bits per heavy atom. The number of hydrogen-bond donors (Lipinski definition) is 3. The van der Waals surface area contributed by atoms with Crippen molar-refractivity contribution in [2.75, 3.05) is 13.1 Å². The molecule has 0 radical (unpaired) electrons. The van der Waals surface area contributed by atoms with Crippen molar-refractivity contribution in [3.05, 3.63) is 41.5 Å². The van der Waals surface area contributed by atoms with Crippen LogP contribution in [-0.2, 0) is 10.0 Å². The van der Waals surface area contributed by atoms with E-state index in [0.717, 1.165) is 11.0 Å². The highest BCUT2D eigenvalue weighted by Crippen LogP contribution is 2.18. The van der Waals surface area contributed by atoms with E-state index in [4.69, 9.17) is 4.52 Å². The SMILES string of the molecule is Cc1noc(C)c1S(=O)(=O)NCCNC(=O)c1ccc2nc[nH]c2c1. The van der Waals surface area contributed by atoms with Gasteiger partial charge in [-0.15, -0.1) is 0 Å². The molecule has 0 spiro atoms. The Balaban J connectivity index is 1.56. The second kappa shape index (κ2) is 6.65. The van der Waals surface area contributed by atoms with E-state index in [9.17, 15) is 13.2 Å². The summed E-state index contributed by atoms with van der Waals surface area (Å²) in [4.78, 5) is 19.2. The molecule has 0 aliphatic heterocycles. The van der Waals surface area contributed by atoms with Gasteiger partial charge in [0.25, 0.3) is 5.91 Å². The monoisotopic (exact) mass is 363 g/mol. The molecule has 0 aliphatic carbocycles. The molecule has 3 rings (SSSR count). The van der Waals surface area contributed by atoms with E-state index >= 15 is 0 Å². The summed E-state index contributed by atoms with van der Waals surface area (Å²) in [6.45, 7) is 3.27. The van der Waals surface area contributed by atoms with Gasteiger partial charge in [-0.1, -0.05) is 5.16 Å². The van der Waals surface area contributed by atoms with Gasteiger partial charge in [0.1, 0.15) is 10.6 Å². The number of aromatic nitrogens is 3. The van der Waals surface area contributed by atoms with Crippen LogP contribution in [0, 0.1) is 13.8 Å². The van der Waals surface area contributed by atoms with E-state index < -0.39 is 10.0 Å². The van der Waals surface area contributed by atoms with E-state index in [1.54, 1.807) is 31.5 Å². The van der Waals surface area contributed by atoms with Crippen molar-refractivity contribution in [3.8, 4) is 0 Å². The van der Waals surface area contributed by atoms with Crippen LogP contribution in [0.5, 0.6) is 0 Å². The number of aromatic amines is 1. The standard InChI is InChI=1S/C15H17N5O4S/c1-9-14(10(2)24-20-9)25(22,23)19-6-5-16-15(21)11-3-4-12-13(7-11)18-8-17-12/h3-4,7-8,19H,5-6H2,1-2H3,(H,16,21)(H,17,18). The lowest BCUT2D eigenvalue weighted by molar-refractivity contribution is 0.0954. The smallest absolute Gasteiger partial charge is 0.251 e. The molecule has 10 heteroatoms. The molecule has 0 bridgehead atoms. The Labute approximate surface area is 143 Å². The summed E-state index contributed by atoms with van der Waals surface area (Å²) >= 11 is 0. The highest BCUT2D eigenvalue weighted by Gasteiger charge is 2.23. The average molecular weight is 363 g/mol. The first-order valence-corrected chi connectivity index (χ1v) is 9.00. The average Bonchev–Trinajstić information content (AvgIpc) is 3.17. The van der Waals surface area contributed by atoms with Crippen molar-refractivity contribution in [2.45, 2.75) is 18.7 Å². The van der Waals surface area contributed by atoms with Gasteiger partial charge in [0, 0.05) is 18.7 Å². The van der Waals surface area contributed by atoms with Crippen LogP contribution in [0.15, 0.2) is 33.9 Å². The van der Waals surface area contributed by atoms with Crippen molar-refractivity contribution in [3.63, 3.8) is 0 Å². The molecular formula is C15H17N5O4S. The Kier molecular flexibility index (Phi) is 4.55. The van der Waals surface area contributed by atoms with Crippen LogP contribution in [0.4, 0.5) is 0 Å². The molecular weight excluding hydrogens is 346 g/mol. The lowest BCUT2D eigenvalue weighted by Crippen LogP contribution is -2.35. The number of hydrogen-bond acceptors (Lipinski definition) is 6. The van der Waals surface area contributed by atoms with Crippen LogP contribution in [0.25, 0.3) is 11.0 Å². The molecule has 3 aromatic rings. The number of amides is 1. The number of carbonyl (C=O) groups is 1. The molecule has 25 heavy (non-hydrogen) atoms. The van der Waals surface area contributed by atoms with E-state index in [1.807, 2.05) is 0 Å². The molecule has 0 atom stereocenters. The minimum Gasteiger partial charge on any atom is -0.360 e. The van der Waals surface area contributed by atoms with Crippen LogP contribution < -0.4 is 10.0 Å². The van der Waals surface area contributed by atoms with E-state index in [2.05, 4.69) is 25.2 Å². The molecule has 0 saturated carbocycles. The first kappa shape index (κ1) is 17.1. The first-order chi connectivity index (χ1) is 11.9. The van der Waals surface area contributed by atoms with Gasteiger partial charge in [-0.25, -0.2) is 18.1 Å². The van der Waals surface area contributed by atoms with Gasteiger partial charge in [-0.2, -0.15) is 0 Å². The highest BCUT2D eigenvalue weighted by atomic mass is 32.2. The van der Waals surface area contributed by atoms with Gasteiger partial charge in [-0.05, 0) is 32.0 Å². The fourth-order valence-electron chi connectivity index (χ4n) is 2.47. The molecule has 132 valence electrons. The minimum atomic E-state index is -3.73. The predicted octanol–water partition coefficient (Wildman–Crippen LogP) is 0.876. The van der Waals surface area contributed by atoms with Gasteiger partial charge in [0.15, 0.2) is 5.76 Å². The quantitative estimate of drug-likeness (QED) is 0.557.